The third-order valence-corrected chi connectivity index (χ3v) is 12.4. The van der Waals surface area contributed by atoms with E-state index >= 15 is 0 Å². The molecule has 0 aliphatic carbocycles. The minimum absolute atomic E-state index is 0.0712. The van der Waals surface area contributed by atoms with Crippen LogP contribution < -0.4 is 9.80 Å². The fourth-order valence-corrected chi connectivity index (χ4v) is 8.92. The lowest BCUT2D eigenvalue weighted by Crippen LogP contribution is -2.53. The Bertz CT molecular complexity index is 2760. The number of nitriles is 2. The van der Waals surface area contributed by atoms with Crippen LogP contribution in [0.25, 0.3) is 0 Å². The molecule has 2 heterocycles. The van der Waals surface area contributed by atoms with Crippen molar-refractivity contribution in [2.75, 3.05) is 23.0 Å². The predicted octanol–water partition coefficient (Wildman–Crippen LogP) is 12.0. The average Bonchev–Trinajstić information content (AvgIpc) is 3.36. The largest absolute Gasteiger partial charge is 0.463 e. The van der Waals surface area contributed by atoms with Crippen molar-refractivity contribution in [3.8, 4) is 12.1 Å². The van der Waals surface area contributed by atoms with E-state index < -0.39 is 71.4 Å². The highest BCUT2D eigenvalue weighted by atomic mass is 19.4. The number of alkyl halides is 6. The van der Waals surface area contributed by atoms with Crippen LogP contribution in [-0.2, 0) is 41.0 Å². The molecule has 2 aliphatic heterocycles. The number of esters is 2. The number of urea groups is 2. The molecule has 6 rings (SSSR count). The van der Waals surface area contributed by atoms with Crippen LogP contribution in [0, 0.1) is 22.7 Å². The molecule has 0 N–H and O–H groups in total. The van der Waals surface area contributed by atoms with E-state index in [0.717, 1.165) is 56.0 Å². The van der Waals surface area contributed by atoms with Crippen molar-refractivity contribution >= 4 is 47.2 Å². The molecular weight excluding hydrogens is 975 g/mol. The second-order valence-corrected chi connectivity index (χ2v) is 17.2. The molecule has 74 heavy (non-hydrogen) atoms. The monoisotopic (exact) mass is 1020 g/mol. The quantitative estimate of drug-likeness (QED) is 0.0561. The zero-order valence-corrected chi connectivity index (χ0v) is 40.7. The Morgan fingerprint density at radius 1 is 0.541 bits per heavy atom. The fourth-order valence-electron chi connectivity index (χ4n) is 8.92. The number of nitrogens with zero attached hydrogens (tertiary/aromatic N) is 6. The van der Waals surface area contributed by atoms with Gasteiger partial charge in [0.05, 0.1) is 70.1 Å². The number of allylic oxidation sites excluding steroid dienone is 2. The van der Waals surface area contributed by atoms with Crippen LogP contribution in [0.3, 0.4) is 0 Å². The van der Waals surface area contributed by atoms with Crippen LogP contribution in [0.1, 0.15) is 125 Å². The van der Waals surface area contributed by atoms with Gasteiger partial charge in [-0.1, -0.05) is 62.1 Å². The normalized spacial score (nSPS) is 16.3. The van der Waals surface area contributed by atoms with E-state index in [-0.39, 0.29) is 95.1 Å². The Balaban J connectivity index is 1.19. The maximum Gasteiger partial charge on any atom is 0.416 e. The molecule has 0 spiro atoms. The molecule has 2 atom stereocenters. The highest BCUT2D eigenvalue weighted by molar-refractivity contribution is 6.11. The van der Waals surface area contributed by atoms with Crippen molar-refractivity contribution in [2.24, 2.45) is 0 Å². The number of benzene rings is 4. The molecule has 4 aromatic carbocycles. The summed E-state index contributed by atoms with van der Waals surface area (Å²) >= 11 is 0. The fraction of sp³-hybridized carbons (Fsp3) is 0.333. The van der Waals surface area contributed by atoms with E-state index in [2.05, 4.69) is 0 Å². The van der Waals surface area contributed by atoms with Crippen LogP contribution >= 0.6 is 0 Å². The van der Waals surface area contributed by atoms with Gasteiger partial charge < -0.3 is 9.47 Å². The molecule has 4 aromatic rings. The zero-order chi connectivity index (χ0) is 54.1. The number of carbonyl (C=O) groups is 6. The van der Waals surface area contributed by atoms with E-state index in [4.69, 9.17) is 9.47 Å². The lowest BCUT2D eigenvalue weighted by atomic mass is 9.91. The number of ether oxygens (including phenoxy) is 2. The van der Waals surface area contributed by atoms with Crippen LogP contribution in [0.15, 0.2) is 120 Å². The van der Waals surface area contributed by atoms with Gasteiger partial charge in [-0.15, -0.1) is 0 Å². The molecule has 0 saturated heterocycles. The molecule has 2 aliphatic rings. The molecule has 0 aromatic heterocycles. The van der Waals surface area contributed by atoms with Gasteiger partial charge in [-0.25, -0.2) is 19.2 Å². The number of amides is 6. The van der Waals surface area contributed by atoms with Gasteiger partial charge in [0.25, 0.3) is 0 Å². The summed E-state index contributed by atoms with van der Waals surface area (Å²) < 4.78 is 94.1. The Hall–Kier alpha value is -8.26. The molecule has 386 valence electrons. The van der Waals surface area contributed by atoms with E-state index in [0.29, 0.717) is 25.7 Å². The summed E-state index contributed by atoms with van der Waals surface area (Å²) in [5, 5.41) is 18.9. The number of hydrogen-bond acceptors (Lipinski definition) is 10. The number of hydrogen-bond donors (Lipinski definition) is 0. The Morgan fingerprint density at radius 3 is 1.19 bits per heavy atom. The van der Waals surface area contributed by atoms with E-state index in [1.807, 2.05) is 12.1 Å². The van der Waals surface area contributed by atoms with E-state index in [9.17, 15) is 65.6 Å². The maximum atomic E-state index is 14.5. The number of unbranched alkanes of at least 4 members (excludes halogenated alkanes) is 5. The SMILES string of the molecule is CCOC(=O)C1=C(C)N(c2cccc(C(F)(F)F)c2)C(=O)N(C(=O)CCCCCCCCC(=O)N2C(=O)N(c3cccc(C(F)(F)F)c3)C(C)=C(C(=O)OCC)C2c2ccc(C#N)cc2)C1c1ccc(C#N)cc1. The van der Waals surface area contributed by atoms with Crippen LogP contribution in [0.4, 0.5) is 47.3 Å². The predicted molar refractivity (Wildman–Crippen MR) is 256 cm³/mol. The molecule has 14 nitrogen and oxygen atoms in total. The summed E-state index contributed by atoms with van der Waals surface area (Å²) in [5.41, 5.74) is -2.18. The third-order valence-electron chi connectivity index (χ3n) is 12.4. The number of halogens is 6. The van der Waals surface area contributed by atoms with Crippen LogP contribution in [0.2, 0.25) is 0 Å². The lowest BCUT2D eigenvalue weighted by molar-refractivity contribution is -0.141. The van der Waals surface area contributed by atoms with Crippen molar-refractivity contribution in [2.45, 2.75) is 103 Å². The van der Waals surface area contributed by atoms with Crippen molar-refractivity contribution in [1.82, 2.24) is 9.80 Å². The number of carbonyl (C=O) groups excluding carboxylic acids is 6. The van der Waals surface area contributed by atoms with E-state index in [1.54, 1.807) is 0 Å². The first-order chi connectivity index (χ1) is 35.2. The third kappa shape index (κ3) is 12.0. The smallest absolute Gasteiger partial charge is 0.416 e. The number of anilines is 2. The van der Waals surface area contributed by atoms with Gasteiger partial charge in [0.2, 0.25) is 11.8 Å². The highest BCUT2D eigenvalue weighted by Gasteiger charge is 2.48. The molecule has 2 unspecified atom stereocenters. The van der Waals surface area contributed by atoms with Crippen molar-refractivity contribution in [3.05, 3.63) is 153 Å². The Morgan fingerprint density at radius 2 is 0.878 bits per heavy atom. The van der Waals surface area contributed by atoms with Crippen molar-refractivity contribution < 1.29 is 64.6 Å². The maximum absolute atomic E-state index is 14.5. The van der Waals surface area contributed by atoms with Crippen molar-refractivity contribution in [3.63, 3.8) is 0 Å². The minimum atomic E-state index is -4.79. The summed E-state index contributed by atoms with van der Waals surface area (Å²) in [5.74, 6) is -3.35. The summed E-state index contributed by atoms with van der Waals surface area (Å²) in [6.07, 6.45) is -7.78. The molecule has 0 bridgehead atoms. The zero-order valence-electron chi connectivity index (χ0n) is 40.7. The van der Waals surface area contributed by atoms with Gasteiger partial charge in [0, 0.05) is 24.2 Å². The van der Waals surface area contributed by atoms with Gasteiger partial charge in [-0.3, -0.25) is 29.2 Å². The minimum Gasteiger partial charge on any atom is -0.463 e. The molecule has 20 heteroatoms. The number of rotatable bonds is 17. The standard InChI is InChI=1S/C54H50F6N6O8/c1-5-73-49(69)45-33(3)63(41-17-13-15-39(29-41)53(55,56)57)51(71)65(47(45)37-25-21-35(31-61)22-26-37)43(67)19-11-9-7-8-10-12-20-44(68)66-48(38-27-23-36(32-62)24-28-38)46(50(70)74-6-2)34(4)64(52(66)72)42-18-14-16-40(30-42)54(58,59)60/h13-18,21-30,47-48H,5-12,19-20H2,1-4H3. The van der Waals surface area contributed by atoms with Gasteiger partial charge in [-0.05, 0) is 112 Å². The van der Waals surface area contributed by atoms with Gasteiger partial charge in [-0.2, -0.15) is 36.9 Å². The first-order valence-corrected chi connectivity index (χ1v) is 23.6. The highest BCUT2D eigenvalue weighted by Crippen LogP contribution is 2.44. The summed E-state index contributed by atoms with van der Waals surface area (Å²) in [6.45, 7) is 5.58. The van der Waals surface area contributed by atoms with Gasteiger partial charge in [0.1, 0.15) is 12.1 Å². The topological polar surface area (TPSA) is 181 Å². The first kappa shape index (κ1) is 55.1. The second kappa shape index (κ2) is 23.5. The molecule has 6 amide bonds. The lowest BCUT2D eigenvalue weighted by Gasteiger charge is -2.42. The molecular formula is C54H50F6N6O8. The Kier molecular flexibility index (Phi) is 17.5. The van der Waals surface area contributed by atoms with Crippen LogP contribution in [-0.4, -0.2) is 58.8 Å². The summed E-state index contributed by atoms with van der Waals surface area (Å²) in [4.78, 5) is 88.4. The van der Waals surface area contributed by atoms with Gasteiger partial charge >= 0.3 is 36.4 Å². The average molecular weight is 1030 g/mol. The summed E-state index contributed by atoms with van der Waals surface area (Å²) in [7, 11) is 0. The molecule has 0 saturated carbocycles. The number of imide groups is 2. The second-order valence-electron chi connectivity index (χ2n) is 17.2. The Labute approximate surface area is 422 Å². The van der Waals surface area contributed by atoms with E-state index in [1.165, 1.54) is 88.4 Å². The molecule has 0 radical (unpaired) electrons. The molecule has 0 fully saturated rings. The van der Waals surface area contributed by atoms with Gasteiger partial charge in [0.15, 0.2) is 0 Å². The van der Waals surface area contributed by atoms with Crippen molar-refractivity contribution in [1.29, 1.82) is 10.5 Å². The van der Waals surface area contributed by atoms with Crippen LogP contribution in [0.5, 0.6) is 0 Å². The summed E-state index contributed by atoms with van der Waals surface area (Å²) in [6, 6.07) is 18.5. The first-order valence-electron chi connectivity index (χ1n) is 23.6.